The monoisotopic (exact) mass is 359 g/mol. The third-order valence-electron chi connectivity index (χ3n) is 4.67. The van der Waals surface area contributed by atoms with Gasteiger partial charge >= 0.3 is 5.97 Å². The molecule has 2 heterocycles. The van der Waals surface area contributed by atoms with Gasteiger partial charge in [-0.2, -0.15) is 5.10 Å². The van der Waals surface area contributed by atoms with E-state index < -0.39 is 5.97 Å². The molecule has 1 aliphatic heterocycles. The van der Waals surface area contributed by atoms with E-state index in [1.807, 2.05) is 17.0 Å². The molecule has 138 valence electrons. The van der Waals surface area contributed by atoms with Crippen LogP contribution in [0.5, 0.6) is 0 Å². The smallest absolute Gasteiger partial charge is 0.325 e. The van der Waals surface area contributed by atoms with E-state index in [2.05, 4.69) is 5.10 Å². The summed E-state index contributed by atoms with van der Waals surface area (Å²) >= 11 is 0. The van der Waals surface area contributed by atoms with E-state index in [-0.39, 0.29) is 24.2 Å². The van der Waals surface area contributed by atoms with Gasteiger partial charge in [-0.15, -0.1) is 0 Å². The molecule has 0 spiro atoms. The zero-order chi connectivity index (χ0) is 18.5. The predicted octanol–water partition coefficient (Wildman–Crippen LogP) is 2.45. The van der Waals surface area contributed by atoms with E-state index in [1.165, 1.54) is 16.8 Å². The third-order valence-corrected chi connectivity index (χ3v) is 4.67. The van der Waals surface area contributed by atoms with E-state index in [9.17, 15) is 14.0 Å². The van der Waals surface area contributed by atoms with Gasteiger partial charge in [0.25, 0.3) is 0 Å². The van der Waals surface area contributed by atoms with Gasteiger partial charge in [0.15, 0.2) is 0 Å². The molecule has 3 rings (SSSR count). The molecule has 1 fully saturated rings. The quantitative estimate of drug-likeness (QED) is 0.860. The van der Waals surface area contributed by atoms with Crippen molar-refractivity contribution in [1.29, 1.82) is 0 Å². The number of benzene rings is 1. The highest BCUT2D eigenvalue weighted by atomic mass is 19.1. The topological polar surface area (TPSA) is 75.4 Å². The zero-order valence-corrected chi connectivity index (χ0v) is 14.5. The summed E-state index contributed by atoms with van der Waals surface area (Å²) in [6.45, 7) is 1.14. The SMILES string of the molecule is O=C(O)Cn1ccc([C@H]2CCCN(C(=O)CCc3cccc(F)c3)C2)n1. The Labute approximate surface area is 151 Å². The molecule has 1 amide bonds. The van der Waals surface area contributed by atoms with E-state index >= 15 is 0 Å². The predicted molar refractivity (Wildman–Crippen MR) is 93.1 cm³/mol. The third kappa shape index (κ3) is 4.68. The van der Waals surface area contributed by atoms with Crippen molar-refractivity contribution in [3.05, 3.63) is 53.6 Å². The van der Waals surface area contributed by atoms with Crippen LogP contribution in [0.15, 0.2) is 36.5 Å². The number of amides is 1. The van der Waals surface area contributed by atoms with Gasteiger partial charge in [0.2, 0.25) is 5.91 Å². The molecule has 1 N–H and O–H groups in total. The van der Waals surface area contributed by atoms with Crippen LogP contribution in [0, 0.1) is 5.82 Å². The number of piperidine rings is 1. The van der Waals surface area contributed by atoms with Crippen LogP contribution >= 0.6 is 0 Å². The molecule has 0 aliphatic carbocycles. The minimum Gasteiger partial charge on any atom is -0.480 e. The van der Waals surface area contributed by atoms with Crippen molar-refractivity contribution in [2.75, 3.05) is 13.1 Å². The molecule has 1 atom stereocenters. The van der Waals surface area contributed by atoms with Gasteiger partial charge in [0.1, 0.15) is 12.4 Å². The summed E-state index contributed by atoms with van der Waals surface area (Å²) in [5, 5.41) is 13.2. The largest absolute Gasteiger partial charge is 0.480 e. The number of halogens is 1. The second kappa shape index (κ2) is 8.12. The van der Waals surface area contributed by atoms with E-state index in [4.69, 9.17) is 5.11 Å². The number of aromatic nitrogens is 2. The Morgan fingerprint density at radius 1 is 1.31 bits per heavy atom. The van der Waals surface area contributed by atoms with Crippen LogP contribution in [0.2, 0.25) is 0 Å². The summed E-state index contributed by atoms with van der Waals surface area (Å²) in [6.07, 6.45) is 4.35. The minimum atomic E-state index is -0.933. The first kappa shape index (κ1) is 18.1. The number of rotatable bonds is 6. The number of aryl methyl sites for hydroxylation is 1. The van der Waals surface area contributed by atoms with Crippen LogP contribution in [-0.4, -0.2) is 44.8 Å². The maximum absolute atomic E-state index is 13.2. The molecular weight excluding hydrogens is 337 g/mol. The molecule has 0 radical (unpaired) electrons. The van der Waals surface area contributed by atoms with Crippen LogP contribution < -0.4 is 0 Å². The molecule has 1 aliphatic rings. The van der Waals surface area contributed by atoms with E-state index in [0.29, 0.717) is 25.9 Å². The number of carboxylic acids is 1. The van der Waals surface area contributed by atoms with Crippen molar-refractivity contribution < 1.29 is 19.1 Å². The highest BCUT2D eigenvalue weighted by molar-refractivity contribution is 5.76. The molecule has 0 saturated carbocycles. The van der Waals surface area contributed by atoms with Gasteiger partial charge < -0.3 is 10.0 Å². The van der Waals surface area contributed by atoms with E-state index in [1.54, 1.807) is 12.3 Å². The summed E-state index contributed by atoms with van der Waals surface area (Å²) < 4.78 is 14.6. The normalized spacial score (nSPS) is 17.3. The minimum absolute atomic E-state index is 0.0592. The lowest BCUT2D eigenvalue weighted by Crippen LogP contribution is -2.39. The lowest BCUT2D eigenvalue weighted by Gasteiger charge is -2.32. The maximum atomic E-state index is 13.2. The Kier molecular flexibility index (Phi) is 5.65. The molecule has 1 saturated heterocycles. The maximum Gasteiger partial charge on any atom is 0.325 e. The van der Waals surface area contributed by atoms with Crippen molar-refractivity contribution in [2.45, 2.75) is 38.1 Å². The number of carbonyl (C=O) groups excluding carboxylic acids is 1. The Balaban J connectivity index is 1.56. The van der Waals surface area contributed by atoms with E-state index in [0.717, 1.165) is 24.1 Å². The second-order valence-corrected chi connectivity index (χ2v) is 6.64. The Morgan fingerprint density at radius 3 is 2.92 bits per heavy atom. The van der Waals surface area contributed by atoms with Crippen LogP contribution in [-0.2, 0) is 22.6 Å². The lowest BCUT2D eigenvalue weighted by atomic mass is 9.94. The Morgan fingerprint density at radius 2 is 2.15 bits per heavy atom. The van der Waals surface area contributed by atoms with Gasteiger partial charge in [-0.25, -0.2) is 4.39 Å². The fourth-order valence-corrected chi connectivity index (χ4v) is 3.37. The van der Waals surface area contributed by atoms with Gasteiger partial charge in [-0.3, -0.25) is 14.3 Å². The van der Waals surface area contributed by atoms with Crippen molar-refractivity contribution in [2.24, 2.45) is 0 Å². The van der Waals surface area contributed by atoms with Crippen molar-refractivity contribution in [1.82, 2.24) is 14.7 Å². The first-order valence-corrected chi connectivity index (χ1v) is 8.78. The summed E-state index contributed by atoms with van der Waals surface area (Å²) in [7, 11) is 0. The first-order valence-electron chi connectivity index (χ1n) is 8.78. The van der Waals surface area contributed by atoms with Crippen LogP contribution in [0.25, 0.3) is 0 Å². The average Bonchev–Trinajstić information content (AvgIpc) is 3.07. The number of nitrogens with zero attached hydrogens (tertiary/aromatic N) is 3. The van der Waals surface area contributed by atoms with Gasteiger partial charge in [0, 0.05) is 31.6 Å². The van der Waals surface area contributed by atoms with Gasteiger partial charge in [-0.1, -0.05) is 12.1 Å². The lowest BCUT2D eigenvalue weighted by molar-refractivity contribution is -0.138. The fraction of sp³-hybridized carbons (Fsp3) is 0.421. The van der Waals surface area contributed by atoms with Gasteiger partial charge in [0.05, 0.1) is 5.69 Å². The highest BCUT2D eigenvalue weighted by Gasteiger charge is 2.26. The molecule has 2 aromatic rings. The number of hydrogen-bond acceptors (Lipinski definition) is 3. The van der Waals surface area contributed by atoms with Crippen LogP contribution in [0.1, 0.15) is 36.4 Å². The number of aliphatic carboxylic acids is 1. The van der Waals surface area contributed by atoms with Crippen LogP contribution in [0.4, 0.5) is 4.39 Å². The average molecular weight is 359 g/mol. The summed E-state index contributed by atoms with van der Waals surface area (Å²) in [5.41, 5.74) is 1.65. The molecule has 0 bridgehead atoms. The summed E-state index contributed by atoms with van der Waals surface area (Å²) in [5.74, 6) is -1.04. The summed E-state index contributed by atoms with van der Waals surface area (Å²) in [6, 6.07) is 8.16. The van der Waals surface area contributed by atoms with Crippen molar-refractivity contribution >= 4 is 11.9 Å². The second-order valence-electron chi connectivity index (χ2n) is 6.64. The number of carbonyl (C=O) groups is 2. The number of carboxylic acid groups (broad SMARTS) is 1. The Bertz CT molecular complexity index is 790. The molecule has 0 unspecified atom stereocenters. The molecule has 1 aromatic heterocycles. The Hall–Kier alpha value is -2.70. The fourth-order valence-electron chi connectivity index (χ4n) is 3.37. The first-order chi connectivity index (χ1) is 12.5. The molecule has 7 heteroatoms. The molecule has 6 nitrogen and oxygen atoms in total. The van der Waals surface area contributed by atoms with Crippen molar-refractivity contribution in [3.8, 4) is 0 Å². The number of likely N-dealkylation sites (tertiary alicyclic amines) is 1. The van der Waals surface area contributed by atoms with Gasteiger partial charge in [-0.05, 0) is 43.0 Å². The highest BCUT2D eigenvalue weighted by Crippen LogP contribution is 2.26. The summed E-state index contributed by atoms with van der Waals surface area (Å²) in [4.78, 5) is 25.1. The number of hydrogen-bond donors (Lipinski definition) is 1. The standard InChI is InChI=1S/C19H22FN3O3/c20-16-5-1-3-14(11-16)6-7-18(24)22-9-2-4-15(12-22)17-8-10-23(21-17)13-19(25)26/h1,3,5,8,10-11,15H,2,4,6-7,9,12-13H2,(H,25,26)/t15-/m0/s1. The van der Waals surface area contributed by atoms with Crippen LogP contribution in [0.3, 0.4) is 0 Å². The molecule has 26 heavy (non-hydrogen) atoms. The molecular formula is C19H22FN3O3. The molecule has 1 aromatic carbocycles. The zero-order valence-electron chi connectivity index (χ0n) is 14.5. The van der Waals surface area contributed by atoms with Crippen molar-refractivity contribution in [3.63, 3.8) is 0 Å².